The quantitative estimate of drug-likeness (QED) is 0.178. The summed E-state index contributed by atoms with van der Waals surface area (Å²) in [4.78, 5) is 0. The van der Waals surface area contributed by atoms with E-state index in [0.717, 1.165) is 0 Å². The van der Waals surface area contributed by atoms with Crippen LogP contribution in [0.5, 0.6) is 46.0 Å². The molecule has 10 heteroatoms. The molecule has 0 saturated heterocycles. The Morgan fingerprint density at radius 2 is 1.39 bits per heavy atom. The highest BCUT2D eigenvalue weighted by molar-refractivity contribution is 5.58. The maximum atomic E-state index is 11.3. The second-order valence-corrected chi connectivity index (χ2v) is 10.6. The van der Waals surface area contributed by atoms with Crippen LogP contribution in [0.25, 0.3) is 0 Å². The van der Waals surface area contributed by atoms with E-state index in [0.29, 0.717) is 44.9 Å². The Bertz CT molecular complexity index is 1700. The molecule has 0 amide bonds. The Kier molecular flexibility index (Phi) is 5.60. The first kappa shape index (κ1) is 25.2. The number of phenolic OH excluding ortho intramolecular Hbond substituents is 6. The summed E-state index contributed by atoms with van der Waals surface area (Å²) in [6.07, 6.45) is -3.00. The van der Waals surface area contributed by atoms with Crippen LogP contribution in [0.3, 0.4) is 0 Å². The van der Waals surface area contributed by atoms with Crippen LogP contribution in [0, 0.1) is 0 Å². The number of fused-ring (bicyclic) bond motifs is 5. The minimum Gasteiger partial charge on any atom is -0.508 e. The molecule has 0 aromatic heterocycles. The molecule has 5 atom stereocenters. The van der Waals surface area contributed by atoms with Crippen molar-refractivity contribution in [2.45, 2.75) is 43.4 Å². The third-order valence-electron chi connectivity index (χ3n) is 8.14. The molecule has 0 fully saturated rings. The summed E-state index contributed by atoms with van der Waals surface area (Å²) in [5.41, 5.74) is 3.29. The van der Waals surface area contributed by atoms with Gasteiger partial charge >= 0.3 is 0 Å². The van der Waals surface area contributed by atoms with Crippen molar-refractivity contribution in [2.75, 3.05) is 0 Å². The monoisotopic (exact) mass is 558 g/mol. The predicted octanol–water partition coefficient (Wildman–Crippen LogP) is 4.12. The second-order valence-electron chi connectivity index (χ2n) is 10.6. The van der Waals surface area contributed by atoms with E-state index in [1.165, 1.54) is 36.4 Å². The normalized spacial score (nSPS) is 24.2. The summed E-state index contributed by atoms with van der Waals surface area (Å²) in [6, 6.07) is 15.2. The average Bonchev–Trinajstić information content (AvgIpc) is 2.95. The van der Waals surface area contributed by atoms with Gasteiger partial charge in [-0.15, -0.1) is 0 Å². The van der Waals surface area contributed by atoms with Crippen LogP contribution in [-0.2, 0) is 17.8 Å². The highest BCUT2D eigenvalue weighted by atomic mass is 16.5. The fourth-order valence-electron chi connectivity index (χ4n) is 6.15. The number of aliphatic hydroxyl groups is 1. The minimum absolute atomic E-state index is 0.00130. The van der Waals surface area contributed by atoms with Crippen LogP contribution >= 0.6 is 0 Å². The van der Waals surface area contributed by atoms with Gasteiger partial charge in [0.15, 0.2) is 29.1 Å². The van der Waals surface area contributed by atoms with Crippen LogP contribution < -0.4 is 9.47 Å². The molecule has 3 aliphatic heterocycles. The van der Waals surface area contributed by atoms with Crippen LogP contribution in [0.4, 0.5) is 0 Å². The summed E-state index contributed by atoms with van der Waals surface area (Å²) >= 11 is 0. The van der Waals surface area contributed by atoms with Gasteiger partial charge in [-0.3, -0.25) is 0 Å². The molecule has 0 unspecified atom stereocenters. The molecule has 3 heterocycles. The third-order valence-corrected chi connectivity index (χ3v) is 8.14. The molecule has 10 nitrogen and oxygen atoms in total. The Labute approximate surface area is 233 Å². The summed E-state index contributed by atoms with van der Waals surface area (Å²) < 4.78 is 18.6. The second kappa shape index (κ2) is 9.12. The Balaban J connectivity index is 1.31. The van der Waals surface area contributed by atoms with Gasteiger partial charge in [0.05, 0.1) is 12.7 Å². The summed E-state index contributed by atoms with van der Waals surface area (Å²) in [5.74, 6) is -1.11. The number of hydrogen-bond donors (Lipinski definition) is 7. The molecular weight excluding hydrogens is 532 g/mol. The van der Waals surface area contributed by atoms with E-state index in [1.807, 2.05) is 0 Å². The number of benzene rings is 4. The first-order chi connectivity index (χ1) is 19.7. The Morgan fingerprint density at radius 3 is 2.20 bits per heavy atom. The topological polar surface area (TPSA) is 169 Å². The SMILES string of the molecule is Oc1ccc2c(c1)O[C@@H]1c3ccc(O)c(O)c3CO[C@H]1[C@H]2c1cc2c(cc1O)O[C@H](c1ccc(O)c(O)c1)[C@@H](O)C2. The van der Waals surface area contributed by atoms with Crippen molar-refractivity contribution in [3.05, 3.63) is 94.0 Å². The Hall–Kier alpha value is -4.80. The van der Waals surface area contributed by atoms with Gasteiger partial charge in [0.25, 0.3) is 0 Å². The molecule has 4 aromatic rings. The van der Waals surface area contributed by atoms with E-state index in [2.05, 4.69) is 0 Å². The lowest BCUT2D eigenvalue weighted by Gasteiger charge is -2.43. The van der Waals surface area contributed by atoms with E-state index in [9.17, 15) is 35.7 Å². The van der Waals surface area contributed by atoms with Gasteiger partial charge in [-0.2, -0.15) is 0 Å². The van der Waals surface area contributed by atoms with E-state index < -0.39 is 30.3 Å². The van der Waals surface area contributed by atoms with Gasteiger partial charge in [-0.1, -0.05) is 18.2 Å². The highest BCUT2D eigenvalue weighted by Gasteiger charge is 2.46. The first-order valence-electron chi connectivity index (χ1n) is 13.1. The number of aromatic hydroxyl groups is 6. The highest BCUT2D eigenvalue weighted by Crippen LogP contribution is 2.54. The van der Waals surface area contributed by atoms with Crippen molar-refractivity contribution in [3.8, 4) is 46.0 Å². The van der Waals surface area contributed by atoms with Crippen molar-refractivity contribution in [2.24, 2.45) is 0 Å². The molecule has 0 aliphatic carbocycles. The maximum Gasteiger partial charge on any atom is 0.163 e. The summed E-state index contributed by atoms with van der Waals surface area (Å²) in [6.45, 7) is -0.00130. The zero-order chi connectivity index (χ0) is 28.6. The molecule has 0 spiro atoms. The lowest BCUT2D eigenvalue weighted by molar-refractivity contribution is -0.0720. The van der Waals surface area contributed by atoms with Crippen molar-refractivity contribution < 1.29 is 50.0 Å². The zero-order valence-corrected chi connectivity index (χ0v) is 21.4. The number of phenols is 6. The lowest BCUT2D eigenvalue weighted by Crippen LogP contribution is -2.40. The molecule has 210 valence electrons. The van der Waals surface area contributed by atoms with Crippen molar-refractivity contribution >= 4 is 0 Å². The van der Waals surface area contributed by atoms with Crippen molar-refractivity contribution in [1.29, 1.82) is 0 Å². The van der Waals surface area contributed by atoms with Gasteiger partial charge in [-0.25, -0.2) is 0 Å². The molecule has 0 bridgehead atoms. The number of hydrogen-bond acceptors (Lipinski definition) is 10. The molecule has 7 rings (SSSR count). The average molecular weight is 559 g/mol. The van der Waals surface area contributed by atoms with Crippen LogP contribution in [0.1, 0.15) is 51.5 Å². The molecule has 4 aromatic carbocycles. The van der Waals surface area contributed by atoms with E-state index in [4.69, 9.17) is 14.2 Å². The van der Waals surface area contributed by atoms with Gasteiger partial charge in [0.1, 0.15) is 35.2 Å². The van der Waals surface area contributed by atoms with Gasteiger partial charge in [-0.05, 0) is 41.5 Å². The molecule has 0 radical (unpaired) electrons. The van der Waals surface area contributed by atoms with E-state index in [-0.39, 0.29) is 47.5 Å². The van der Waals surface area contributed by atoms with Crippen LogP contribution in [0.2, 0.25) is 0 Å². The van der Waals surface area contributed by atoms with E-state index >= 15 is 0 Å². The fraction of sp³-hybridized carbons (Fsp3) is 0.226. The lowest BCUT2D eigenvalue weighted by atomic mass is 9.77. The van der Waals surface area contributed by atoms with Crippen molar-refractivity contribution in [3.63, 3.8) is 0 Å². The molecule has 41 heavy (non-hydrogen) atoms. The van der Waals surface area contributed by atoms with Crippen LogP contribution in [-0.4, -0.2) is 48.0 Å². The number of aliphatic hydroxyl groups excluding tert-OH is 1. The maximum absolute atomic E-state index is 11.3. The van der Waals surface area contributed by atoms with E-state index in [1.54, 1.807) is 24.3 Å². The number of ether oxygens (including phenoxy) is 3. The van der Waals surface area contributed by atoms with Crippen LogP contribution in [0.15, 0.2) is 60.7 Å². The van der Waals surface area contributed by atoms with Gasteiger partial charge in [0, 0.05) is 46.7 Å². The first-order valence-corrected chi connectivity index (χ1v) is 13.1. The standard InChI is InChI=1S/C31H26O10/c32-15-2-3-17-26(10-15)41-30-16-4-6-21(34)28(38)19(16)12-39-31(30)27(17)18-7-14-9-24(37)29(40-25(14)11-22(18)35)13-1-5-20(33)23(36)8-13/h1-8,10-11,24,27,29-38H,9,12H2/t24-,27+,29+,30+,31-/m0/s1. The molecule has 0 saturated carbocycles. The molecule has 3 aliphatic rings. The Morgan fingerprint density at radius 1 is 0.634 bits per heavy atom. The molecular formula is C31H26O10. The van der Waals surface area contributed by atoms with Crippen molar-refractivity contribution in [1.82, 2.24) is 0 Å². The fourth-order valence-corrected chi connectivity index (χ4v) is 6.15. The summed E-state index contributed by atoms with van der Waals surface area (Å²) in [5, 5.41) is 72.6. The summed E-state index contributed by atoms with van der Waals surface area (Å²) in [7, 11) is 0. The third kappa shape index (κ3) is 3.94. The molecule has 7 N–H and O–H groups in total. The minimum atomic E-state index is -0.982. The van der Waals surface area contributed by atoms with Gasteiger partial charge < -0.3 is 50.0 Å². The van der Waals surface area contributed by atoms with Gasteiger partial charge in [0.2, 0.25) is 0 Å². The largest absolute Gasteiger partial charge is 0.508 e. The predicted molar refractivity (Wildman–Crippen MR) is 143 cm³/mol. The zero-order valence-electron chi connectivity index (χ0n) is 21.4. The smallest absolute Gasteiger partial charge is 0.163 e. The number of rotatable bonds is 2.